The summed E-state index contributed by atoms with van der Waals surface area (Å²) < 4.78 is 1.05. The lowest BCUT2D eigenvalue weighted by atomic mass is 10.2. The molecule has 0 aromatic carbocycles. The number of thioether (sulfide) groups is 1. The Balaban J connectivity index is 2.58. The average Bonchev–Trinajstić information content (AvgIpc) is 2.14. The molecule has 1 aliphatic heterocycles. The number of rotatable bonds is 1. The van der Waals surface area contributed by atoms with E-state index >= 15 is 0 Å². The Morgan fingerprint density at radius 3 is 2.75 bits per heavy atom. The predicted molar refractivity (Wildman–Crippen MR) is 40.2 cm³/mol. The minimum Gasteiger partial charge on any atom is -0.114 e. The predicted octanol–water partition coefficient (Wildman–Crippen LogP) is 2.98. The van der Waals surface area contributed by atoms with Crippen LogP contribution in [0.15, 0.2) is 9.94 Å². The van der Waals surface area contributed by atoms with Gasteiger partial charge in [0.05, 0.1) is 4.36 Å². The van der Waals surface area contributed by atoms with Crippen molar-refractivity contribution in [3.05, 3.63) is 9.94 Å². The van der Waals surface area contributed by atoms with Gasteiger partial charge >= 0.3 is 0 Å². The van der Waals surface area contributed by atoms with E-state index in [4.69, 9.17) is 11.6 Å². The molecule has 0 aromatic rings. The molecule has 1 rings (SSSR count). The van der Waals surface area contributed by atoms with E-state index in [0.29, 0.717) is 0 Å². The summed E-state index contributed by atoms with van der Waals surface area (Å²) >= 11 is 7.60. The smallest absolute Gasteiger partial charge is 0.0727 e. The van der Waals surface area contributed by atoms with Crippen LogP contribution in [0.1, 0.15) is 19.8 Å². The molecule has 1 aliphatic rings. The lowest BCUT2D eigenvalue weighted by Crippen LogP contribution is -1.74. The SMILES string of the molecule is CCC1=C(Cl)SCC1. The summed E-state index contributed by atoms with van der Waals surface area (Å²) in [5, 5.41) is 0. The van der Waals surface area contributed by atoms with Crippen molar-refractivity contribution < 1.29 is 0 Å². The zero-order valence-electron chi connectivity index (χ0n) is 4.91. The second kappa shape index (κ2) is 2.79. The zero-order chi connectivity index (χ0) is 5.98. The summed E-state index contributed by atoms with van der Waals surface area (Å²) in [4.78, 5) is 0. The van der Waals surface area contributed by atoms with Gasteiger partial charge in [-0.25, -0.2) is 0 Å². The van der Waals surface area contributed by atoms with Crippen molar-refractivity contribution in [2.24, 2.45) is 0 Å². The van der Waals surface area contributed by atoms with Gasteiger partial charge in [0.2, 0.25) is 0 Å². The van der Waals surface area contributed by atoms with Gasteiger partial charge in [-0.05, 0) is 18.4 Å². The van der Waals surface area contributed by atoms with Crippen LogP contribution in [0.2, 0.25) is 0 Å². The van der Waals surface area contributed by atoms with Gasteiger partial charge in [0.1, 0.15) is 0 Å². The van der Waals surface area contributed by atoms with E-state index in [1.807, 2.05) is 0 Å². The molecule has 0 aliphatic carbocycles. The van der Waals surface area contributed by atoms with E-state index in [1.165, 1.54) is 17.7 Å². The Morgan fingerprint density at radius 2 is 2.50 bits per heavy atom. The molecule has 0 atom stereocenters. The van der Waals surface area contributed by atoms with Gasteiger partial charge in [-0.2, -0.15) is 0 Å². The van der Waals surface area contributed by atoms with Crippen LogP contribution in [0, 0.1) is 0 Å². The number of halogens is 1. The van der Waals surface area contributed by atoms with E-state index in [1.54, 1.807) is 11.8 Å². The van der Waals surface area contributed by atoms with Crippen molar-refractivity contribution in [1.29, 1.82) is 0 Å². The fraction of sp³-hybridized carbons (Fsp3) is 0.667. The molecule has 0 nitrogen and oxygen atoms in total. The van der Waals surface area contributed by atoms with Gasteiger partial charge in [-0.1, -0.05) is 18.5 Å². The molecule has 0 N–H and O–H groups in total. The Labute approximate surface area is 59.3 Å². The van der Waals surface area contributed by atoms with Crippen molar-refractivity contribution in [3.63, 3.8) is 0 Å². The molecule has 0 radical (unpaired) electrons. The standard InChI is InChI=1S/C6H9ClS/c1-2-5-3-4-8-6(5)7/h2-4H2,1H3. The van der Waals surface area contributed by atoms with Gasteiger partial charge in [0.15, 0.2) is 0 Å². The van der Waals surface area contributed by atoms with Crippen LogP contribution in [0.4, 0.5) is 0 Å². The van der Waals surface area contributed by atoms with Crippen LogP contribution < -0.4 is 0 Å². The molecule has 0 saturated heterocycles. The minimum atomic E-state index is 1.05. The first kappa shape index (κ1) is 6.50. The summed E-state index contributed by atoms with van der Waals surface area (Å²) in [5.74, 6) is 1.20. The Kier molecular flexibility index (Phi) is 2.27. The molecule has 46 valence electrons. The van der Waals surface area contributed by atoms with E-state index < -0.39 is 0 Å². The Hall–Kier alpha value is 0.380. The fourth-order valence-corrected chi connectivity index (χ4v) is 2.22. The van der Waals surface area contributed by atoms with Crippen LogP contribution in [0.25, 0.3) is 0 Å². The summed E-state index contributed by atoms with van der Waals surface area (Å²) in [6.45, 7) is 2.16. The lowest BCUT2D eigenvalue weighted by molar-refractivity contribution is 1.00. The molecule has 0 saturated carbocycles. The highest BCUT2D eigenvalue weighted by Gasteiger charge is 2.09. The third kappa shape index (κ3) is 1.20. The molecular weight excluding hydrogens is 140 g/mol. The van der Waals surface area contributed by atoms with E-state index in [-0.39, 0.29) is 0 Å². The van der Waals surface area contributed by atoms with Crippen molar-refractivity contribution in [2.45, 2.75) is 19.8 Å². The summed E-state index contributed by atoms with van der Waals surface area (Å²) in [5.41, 5.74) is 1.44. The highest BCUT2D eigenvalue weighted by Crippen LogP contribution is 2.35. The molecule has 2 heteroatoms. The number of hydrogen-bond acceptors (Lipinski definition) is 1. The topological polar surface area (TPSA) is 0 Å². The summed E-state index contributed by atoms with van der Waals surface area (Å²) in [7, 11) is 0. The van der Waals surface area contributed by atoms with Crippen LogP contribution in [0.5, 0.6) is 0 Å². The van der Waals surface area contributed by atoms with Crippen molar-refractivity contribution in [3.8, 4) is 0 Å². The van der Waals surface area contributed by atoms with Crippen LogP contribution in [0.3, 0.4) is 0 Å². The van der Waals surface area contributed by atoms with Gasteiger partial charge in [0, 0.05) is 5.75 Å². The Morgan fingerprint density at radius 1 is 1.75 bits per heavy atom. The van der Waals surface area contributed by atoms with Crippen molar-refractivity contribution >= 4 is 23.4 Å². The quantitative estimate of drug-likeness (QED) is 0.551. The first-order valence-electron chi connectivity index (χ1n) is 2.85. The van der Waals surface area contributed by atoms with Crippen LogP contribution in [-0.4, -0.2) is 5.75 Å². The van der Waals surface area contributed by atoms with E-state index in [0.717, 1.165) is 10.8 Å². The number of allylic oxidation sites excluding steroid dienone is 1. The molecule has 0 unspecified atom stereocenters. The van der Waals surface area contributed by atoms with Gasteiger partial charge in [-0.3, -0.25) is 0 Å². The molecule has 0 aromatic heterocycles. The maximum Gasteiger partial charge on any atom is 0.0727 e. The minimum absolute atomic E-state index is 1.05. The van der Waals surface area contributed by atoms with Crippen LogP contribution >= 0.6 is 23.4 Å². The lowest BCUT2D eigenvalue weighted by Gasteiger charge is -1.91. The molecular formula is C6H9ClS. The van der Waals surface area contributed by atoms with Gasteiger partial charge in [-0.15, -0.1) is 11.8 Å². The molecule has 0 amide bonds. The molecule has 8 heavy (non-hydrogen) atoms. The number of hydrogen-bond donors (Lipinski definition) is 0. The second-order valence-electron chi connectivity index (χ2n) is 1.83. The second-order valence-corrected chi connectivity index (χ2v) is 3.54. The molecule has 0 fully saturated rings. The zero-order valence-corrected chi connectivity index (χ0v) is 6.48. The van der Waals surface area contributed by atoms with Gasteiger partial charge < -0.3 is 0 Å². The molecule has 1 heterocycles. The Bertz CT molecular complexity index is 118. The monoisotopic (exact) mass is 148 g/mol. The first-order valence-corrected chi connectivity index (χ1v) is 4.21. The fourth-order valence-electron chi connectivity index (χ4n) is 0.780. The maximum atomic E-state index is 5.82. The van der Waals surface area contributed by atoms with Crippen LogP contribution in [-0.2, 0) is 0 Å². The third-order valence-corrected chi connectivity index (χ3v) is 2.88. The van der Waals surface area contributed by atoms with E-state index in [9.17, 15) is 0 Å². The molecule has 0 bridgehead atoms. The summed E-state index contributed by atoms with van der Waals surface area (Å²) in [6.07, 6.45) is 2.34. The van der Waals surface area contributed by atoms with Crippen molar-refractivity contribution in [2.75, 3.05) is 5.75 Å². The summed E-state index contributed by atoms with van der Waals surface area (Å²) in [6, 6.07) is 0. The highest BCUT2D eigenvalue weighted by molar-refractivity contribution is 8.04. The third-order valence-electron chi connectivity index (χ3n) is 1.34. The maximum absolute atomic E-state index is 5.82. The van der Waals surface area contributed by atoms with Crippen molar-refractivity contribution in [1.82, 2.24) is 0 Å². The normalized spacial score (nSPS) is 20.2. The average molecular weight is 149 g/mol. The largest absolute Gasteiger partial charge is 0.114 e. The molecule has 0 spiro atoms. The highest BCUT2D eigenvalue weighted by atomic mass is 35.5. The first-order chi connectivity index (χ1) is 3.84. The van der Waals surface area contributed by atoms with Gasteiger partial charge in [0.25, 0.3) is 0 Å². The van der Waals surface area contributed by atoms with E-state index in [2.05, 4.69) is 6.92 Å².